The van der Waals surface area contributed by atoms with Crippen LogP contribution in [0.1, 0.15) is 120 Å². The third-order valence-electron chi connectivity index (χ3n) is 5.54. The summed E-state index contributed by atoms with van der Waals surface area (Å²) in [5.74, 6) is -1.16. The normalized spacial score (nSPS) is 11.0. The number of carboxylic acids is 1. The van der Waals surface area contributed by atoms with Crippen LogP contribution in [-0.4, -0.2) is 33.3 Å². The SMILES string of the molecule is CCCCCCCCCCCCCCCCCCNC(=O)Cn1cc(C(=O)O)cn1. The fourth-order valence-electron chi connectivity index (χ4n) is 3.66. The average molecular weight is 422 g/mol. The van der Waals surface area contributed by atoms with Gasteiger partial charge in [-0.2, -0.15) is 5.10 Å². The van der Waals surface area contributed by atoms with E-state index in [1.165, 1.54) is 107 Å². The van der Waals surface area contributed by atoms with E-state index >= 15 is 0 Å². The number of hydrogen-bond acceptors (Lipinski definition) is 3. The lowest BCUT2D eigenvalue weighted by atomic mass is 10.0. The van der Waals surface area contributed by atoms with Crippen molar-refractivity contribution in [3.8, 4) is 0 Å². The molecule has 0 unspecified atom stereocenters. The fourth-order valence-corrected chi connectivity index (χ4v) is 3.66. The molecule has 172 valence electrons. The molecule has 0 aliphatic carbocycles. The van der Waals surface area contributed by atoms with Crippen LogP contribution in [0.15, 0.2) is 12.4 Å². The number of unbranched alkanes of at least 4 members (excludes halogenated alkanes) is 15. The van der Waals surface area contributed by atoms with Crippen LogP contribution in [-0.2, 0) is 11.3 Å². The van der Waals surface area contributed by atoms with Crippen molar-refractivity contribution in [2.24, 2.45) is 0 Å². The van der Waals surface area contributed by atoms with Gasteiger partial charge in [-0.15, -0.1) is 0 Å². The molecular weight excluding hydrogens is 378 g/mol. The summed E-state index contributed by atoms with van der Waals surface area (Å²) in [6.45, 7) is 3.00. The molecule has 0 saturated carbocycles. The molecule has 1 rings (SSSR count). The Morgan fingerprint density at radius 3 is 1.73 bits per heavy atom. The highest BCUT2D eigenvalue weighted by atomic mass is 16.4. The van der Waals surface area contributed by atoms with E-state index in [9.17, 15) is 9.59 Å². The van der Waals surface area contributed by atoms with Crippen molar-refractivity contribution in [3.05, 3.63) is 18.0 Å². The van der Waals surface area contributed by atoms with E-state index in [0.717, 1.165) is 12.8 Å². The summed E-state index contributed by atoms with van der Waals surface area (Å²) in [6.07, 6.45) is 24.0. The van der Waals surface area contributed by atoms with Gasteiger partial charge in [0.1, 0.15) is 6.54 Å². The molecule has 1 aromatic heterocycles. The van der Waals surface area contributed by atoms with Gasteiger partial charge < -0.3 is 10.4 Å². The van der Waals surface area contributed by atoms with Crippen molar-refractivity contribution in [2.45, 2.75) is 116 Å². The largest absolute Gasteiger partial charge is 0.478 e. The van der Waals surface area contributed by atoms with Crippen LogP contribution in [0.25, 0.3) is 0 Å². The van der Waals surface area contributed by atoms with Crippen LogP contribution in [0.2, 0.25) is 0 Å². The summed E-state index contributed by atoms with van der Waals surface area (Å²) in [5, 5.41) is 15.6. The number of carbonyl (C=O) groups excluding carboxylic acids is 1. The number of hydrogen-bond donors (Lipinski definition) is 2. The Labute approximate surface area is 182 Å². The highest BCUT2D eigenvalue weighted by molar-refractivity contribution is 5.87. The zero-order chi connectivity index (χ0) is 21.9. The minimum Gasteiger partial charge on any atom is -0.478 e. The van der Waals surface area contributed by atoms with Gasteiger partial charge in [0.2, 0.25) is 5.91 Å². The molecule has 6 nitrogen and oxygen atoms in total. The maximum Gasteiger partial charge on any atom is 0.338 e. The quantitative estimate of drug-likeness (QED) is 0.254. The Balaban J connectivity index is 1.81. The smallest absolute Gasteiger partial charge is 0.338 e. The monoisotopic (exact) mass is 421 g/mol. The third-order valence-corrected chi connectivity index (χ3v) is 5.54. The molecule has 0 bridgehead atoms. The predicted molar refractivity (Wildman–Crippen MR) is 122 cm³/mol. The number of nitrogens with zero attached hydrogens (tertiary/aromatic N) is 2. The minimum atomic E-state index is -1.03. The predicted octanol–water partition coefficient (Wildman–Crippen LogP) is 5.96. The molecule has 1 amide bonds. The van der Waals surface area contributed by atoms with Crippen LogP contribution in [0.3, 0.4) is 0 Å². The second-order valence-corrected chi connectivity index (χ2v) is 8.38. The molecule has 0 aliphatic heterocycles. The van der Waals surface area contributed by atoms with Gasteiger partial charge in [0.15, 0.2) is 0 Å². The molecule has 30 heavy (non-hydrogen) atoms. The summed E-state index contributed by atoms with van der Waals surface area (Å²) in [5.41, 5.74) is 0.0978. The van der Waals surface area contributed by atoms with E-state index in [0.29, 0.717) is 6.54 Å². The molecule has 0 aromatic carbocycles. The van der Waals surface area contributed by atoms with Crippen molar-refractivity contribution in [1.82, 2.24) is 15.1 Å². The molecular formula is C24H43N3O3. The van der Waals surface area contributed by atoms with E-state index in [1.807, 2.05) is 0 Å². The van der Waals surface area contributed by atoms with E-state index in [-0.39, 0.29) is 18.0 Å². The number of carbonyl (C=O) groups is 2. The van der Waals surface area contributed by atoms with Crippen molar-refractivity contribution >= 4 is 11.9 Å². The van der Waals surface area contributed by atoms with Gasteiger partial charge in [-0.05, 0) is 6.42 Å². The lowest BCUT2D eigenvalue weighted by Crippen LogP contribution is -2.28. The Kier molecular flexibility index (Phi) is 15.7. The summed E-state index contributed by atoms with van der Waals surface area (Å²) >= 11 is 0. The number of rotatable bonds is 20. The number of aromatic nitrogens is 2. The lowest BCUT2D eigenvalue weighted by Gasteiger charge is -2.06. The highest BCUT2D eigenvalue weighted by Gasteiger charge is 2.08. The Morgan fingerprint density at radius 2 is 1.30 bits per heavy atom. The molecule has 0 saturated heterocycles. The summed E-state index contributed by atoms with van der Waals surface area (Å²) in [4.78, 5) is 22.6. The van der Waals surface area contributed by atoms with Gasteiger partial charge in [0.05, 0.1) is 11.8 Å². The van der Waals surface area contributed by atoms with Crippen LogP contribution in [0.4, 0.5) is 0 Å². The second-order valence-electron chi connectivity index (χ2n) is 8.38. The van der Waals surface area contributed by atoms with Crippen molar-refractivity contribution in [2.75, 3.05) is 6.54 Å². The van der Waals surface area contributed by atoms with Crippen molar-refractivity contribution in [1.29, 1.82) is 0 Å². The summed E-state index contributed by atoms with van der Waals surface area (Å²) in [7, 11) is 0. The van der Waals surface area contributed by atoms with Crippen LogP contribution < -0.4 is 5.32 Å². The topological polar surface area (TPSA) is 84.2 Å². The first-order valence-electron chi connectivity index (χ1n) is 12.2. The lowest BCUT2D eigenvalue weighted by molar-refractivity contribution is -0.121. The first kappa shape index (κ1) is 26.2. The number of nitrogens with one attached hydrogen (secondary N) is 1. The Bertz CT molecular complexity index is 572. The number of aromatic carboxylic acids is 1. The molecule has 0 atom stereocenters. The Morgan fingerprint density at radius 1 is 0.833 bits per heavy atom. The third kappa shape index (κ3) is 14.2. The van der Waals surface area contributed by atoms with E-state index in [2.05, 4.69) is 17.3 Å². The zero-order valence-electron chi connectivity index (χ0n) is 19.0. The first-order chi connectivity index (χ1) is 14.6. The van der Waals surface area contributed by atoms with Crippen LogP contribution >= 0.6 is 0 Å². The molecule has 0 spiro atoms. The second kappa shape index (κ2) is 18.0. The molecule has 2 N–H and O–H groups in total. The minimum absolute atomic E-state index is 0.0616. The highest BCUT2D eigenvalue weighted by Crippen LogP contribution is 2.13. The fraction of sp³-hybridized carbons (Fsp3) is 0.792. The average Bonchev–Trinajstić information content (AvgIpc) is 3.19. The maximum atomic E-state index is 11.8. The van der Waals surface area contributed by atoms with Gasteiger partial charge >= 0.3 is 5.97 Å². The zero-order valence-corrected chi connectivity index (χ0v) is 19.0. The maximum absolute atomic E-state index is 11.8. The molecule has 0 fully saturated rings. The van der Waals surface area contributed by atoms with Gasteiger partial charge in [0.25, 0.3) is 0 Å². The molecule has 1 aromatic rings. The van der Waals surface area contributed by atoms with Gasteiger partial charge in [-0.1, -0.05) is 103 Å². The standard InChI is InChI=1S/C24H43N3O3/c1-2-3-4-5-6-7-8-9-10-11-12-13-14-15-16-17-18-25-23(28)21-27-20-22(19-26-27)24(29)30/h19-20H,2-18,21H2,1H3,(H,25,28)(H,29,30). The number of amides is 1. The van der Waals surface area contributed by atoms with Crippen LogP contribution in [0, 0.1) is 0 Å². The molecule has 0 radical (unpaired) electrons. The van der Waals surface area contributed by atoms with Gasteiger partial charge in [-0.25, -0.2) is 4.79 Å². The van der Waals surface area contributed by atoms with E-state index < -0.39 is 5.97 Å². The molecule has 6 heteroatoms. The van der Waals surface area contributed by atoms with Crippen LogP contribution in [0.5, 0.6) is 0 Å². The van der Waals surface area contributed by atoms with Crippen molar-refractivity contribution < 1.29 is 14.7 Å². The van der Waals surface area contributed by atoms with Crippen molar-refractivity contribution in [3.63, 3.8) is 0 Å². The molecule has 0 aliphatic rings. The number of carboxylic acid groups (broad SMARTS) is 1. The van der Waals surface area contributed by atoms with E-state index in [4.69, 9.17) is 5.11 Å². The Hall–Kier alpha value is -1.85. The van der Waals surface area contributed by atoms with E-state index in [1.54, 1.807) is 0 Å². The summed E-state index contributed by atoms with van der Waals surface area (Å²) in [6, 6.07) is 0. The molecule has 1 heterocycles. The van der Waals surface area contributed by atoms with Gasteiger partial charge in [-0.3, -0.25) is 9.48 Å². The summed E-state index contributed by atoms with van der Waals surface area (Å²) < 4.78 is 1.35. The first-order valence-corrected chi connectivity index (χ1v) is 12.2. The van der Waals surface area contributed by atoms with Gasteiger partial charge in [0, 0.05) is 12.7 Å².